The molecule has 0 amide bonds. The van der Waals surface area contributed by atoms with E-state index in [1.807, 2.05) is 17.8 Å². The molecule has 2 aliphatic heterocycles. The first-order chi connectivity index (χ1) is 9.70. The number of thiophene rings is 1. The summed E-state index contributed by atoms with van der Waals surface area (Å²) >= 11 is 14.8. The van der Waals surface area contributed by atoms with Crippen molar-refractivity contribution in [2.24, 2.45) is 0 Å². The Balaban J connectivity index is 1.43. The molecule has 0 aliphatic carbocycles. The van der Waals surface area contributed by atoms with E-state index in [9.17, 15) is 0 Å². The van der Waals surface area contributed by atoms with Gasteiger partial charge in [-0.15, -0.1) is 11.3 Å². The van der Waals surface area contributed by atoms with E-state index in [2.05, 4.69) is 20.8 Å². The van der Waals surface area contributed by atoms with E-state index >= 15 is 0 Å². The van der Waals surface area contributed by atoms with Gasteiger partial charge in [0, 0.05) is 49.9 Å². The second kappa shape index (κ2) is 6.94. The Bertz CT molecular complexity index is 471. The molecule has 0 radical (unpaired) electrons. The Morgan fingerprint density at radius 3 is 2.45 bits per heavy atom. The molecule has 3 nitrogen and oxygen atoms in total. The van der Waals surface area contributed by atoms with Gasteiger partial charge in [-0.25, -0.2) is 0 Å². The van der Waals surface area contributed by atoms with Crippen LogP contribution in [-0.4, -0.2) is 64.2 Å². The number of hydrogen-bond donors (Lipinski definition) is 0. The molecule has 0 aromatic carbocycles. The first-order valence-corrected chi connectivity index (χ1v) is 9.40. The molecule has 110 valence electrons. The number of thioether (sulfide) groups is 1. The topological polar surface area (TPSA) is 9.72 Å². The Kier molecular flexibility index (Phi) is 5.23. The molecular weight excluding hydrogens is 330 g/mol. The van der Waals surface area contributed by atoms with Crippen LogP contribution in [0.3, 0.4) is 0 Å². The molecule has 0 N–H and O–H groups in total. The second-order valence-electron chi connectivity index (χ2n) is 5.12. The van der Waals surface area contributed by atoms with Crippen LogP contribution < -0.4 is 0 Å². The molecule has 0 spiro atoms. The van der Waals surface area contributed by atoms with E-state index in [1.165, 1.54) is 4.88 Å². The summed E-state index contributed by atoms with van der Waals surface area (Å²) < 4.78 is 1.96. The average molecular weight is 348 g/mol. The first kappa shape index (κ1) is 15.1. The molecule has 0 unspecified atom stereocenters. The molecule has 3 rings (SSSR count). The van der Waals surface area contributed by atoms with Gasteiger partial charge in [-0.05, 0) is 12.1 Å². The second-order valence-corrected chi connectivity index (χ2v) is 8.65. The first-order valence-electron chi connectivity index (χ1n) is 6.81. The molecule has 2 aliphatic rings. The molecule has 0 bridgehead atoms. The zero-order valence-electron chi connectivity index (χ0n) is 11.3. The largest absolute Gasteiger partial charge is 0.344 e. The van der Waals surface area contributed by atoms with Crippen molar-refractivity contribution in [2.75, 3.05) is 45.1 Å². The van der Waals surface area contributed by atoms with Gasteiger partial charge in [0.1, 0.15) is 4.32 Å². The summed E-state index contributed by atoms with van der Waals surface area (Å²) in [5.74, 6) is 1.15. The lowest BCUT2D eigenvalue weighted by Gasteiger charge is -2.36. The molecule has 2 fully saturated rings. The normalized spacial score (nSPS) is 21.9. The van der Waals surface area contributed by atoms with Crippen molar-refractivity contribution in [3.63, 3.8) is 0 Å². The van der Waals surface area contributed by atoms with E-state index in [1.54, 1.807) is 11.3 Å². The lowest BCUT2D eigenvalue weighted by molar-refractivity contribution is 0.0994. The van der Waals surface area contributed by atoms with E-state index in [-0.39, 0.29) is 0 Å². The van der Waals surface area contributed by atoms with Crippen molar-refractivity contribution in [1.29, 1.82) is 0 Å². The monoisotopic (exact) mass is 347 g/mol. The highest BCUT2D eigenvalue weighted by atomic mass is 35.5. The SMILES string of the molecule is S=C1SCCN1CN1CCN(Cc2ccc(Cl)s2)CC1. The van der Waals surface area contributed by atoms with Gasteiger partial charge in [-0.1, -0.05) is 35.6 Å². The predicted octanol–water partition coefficient (Wildman–Crippen LogP) is 2.81. The third-order valence-corrected chi connectivity index (χ3v) is 6.41. The Labute approximate surface area is 138 Å². The van der Waals surface area contributed by atoms with Gasteiger partial charge in [-0.2, -0.15) is 0 Å². The van der Waals surface area contributed by atoms with Crippen molar-refractivity contribution < 1.29 is 0 Å². The van der Waals surface area contributed by atoms with E-state index < -0.39 is 0 Å². The fraction of sp³-hybridized carbons (Fsp3) is 0.615. The Hall–Kier alpha value is 0.150. The molecule has 20 heavy (non-hydrogen) atoms. The van der Waals surface area contributed by atoms with Crippen molar-refractivity contribution >= 4 is 51.2 Å². The third-order valence-electron chi connectivity index (χ3n) is 3.69. The maximum absolute atomic E-state index is 5.98. The van der Waals surface area contributed by atoms with Crippen LogP contribution in [0.1, 0.15) is 4.88 Å². The van der Waals surface area contributed by atoms with Gasteiger partial charge in [0.05, 0.1) is 11.0 Å². The van der Waals surface area contributed by atoms with E-state index in [4.69, 9.17) is 23.8 Å². The molecule has 1 aromatic rings. The minimum atomic E-state index is 0.888. The van der Waals surface area contributed by atoms with Gasteiger partial charge in [0.2, 0.25) is 0 Å². The quantitative estimate of drug-likeness (QED) is 0.772. The van der Waals surface area contributed by atoms with Gasteiger partial charge in [0.15, 0.2) is 0 Å². The number of hydrogen-bond acceptors (Lipinski definition) is 5. The molecule has 1 aromatic heterocycles. The van der Waals surface area contributed by atoms with Crippen molar-refractivity contribution in [1.82, 2.24) is 14.7 Å². The van der Waals surface area contributed by atoms with Gasteiger partial charge >= 0.3 is 0 Å². The molecule has 7 heteroatoms. The maximum atomic E-state index is 5.98. The number of rotatable bonds is 4. The lowest BCUT2D eigenvalue weighted by atomic mass is 10.3. The Morgan fingerprint density at radius 1 is 1.10 bits per heavy atom. The highest BCUT2D eigenvalue weighted by Gasteiger charge is 2.23. The van der Waals surface area contributed by atoms with Gasteiger partial charge < -0.3 is 4.90 Å². The van der Waals surface area contributed by atoms with Crippen LogP contribution in [-0.2, 0) is 6.54 Å². The highest BCUT2D eigenvalue weighted by Crippen LogP contribution is 2.23. The van der Waals surface area contributed by atoms with Crippen LogP contribution in [0, 0.1) is 0 Å². The zero-order chi connectivity index (χ0) is 13.9. The lowest BCUT2D eigenvalue weighted by Crippen LogP contribution is -2.49. The smallest absolute Gasteiger partial charge is 0.137 e. The van der Waals surface area contributed by atoms with Crippen LogP contribution in [0.4, 0.5) is 0 Å². The molecule has 2 saturated heterocycles. The molecule has 0 atom stereocenters. The fourth-order valence-electron chi connectivity index (χ4n) is 2.54. The van der Waals surface area contributed by atoms with Gasteiger partial charge in [0.25, 0.3) is 0 Å². The number of nitrogens with zero attached hydrogens (tertiary/aromatic N) is 3. The standard InChI is InChI=1S/C13H18ClN3S3/c14-12-2-1-11(20-12)9-15-3-5-16(6-4-15)10-17-7-8-19-13(17)18/h1-2H,3-10H2. The zero-order valence-corrected chi connectivity index (χ0v) is 14.5. The summed E-state index contributed by atoms with van der Waals surface area (Å²) in [6.45, 7) is 7.66. The minimum Gasteiger partial charge on any atom is -0.344 e. The van der Waals surface area contributed by atoms with Crippen molar-refractivity contribution in [3.05, 3.63) is 21.3 Å². The van der Waals surface area contributed by atoms with Crippen LogP contribution in [0.2, 0.25) is 4.34 Å². The summed E-state index contributed by atoms with van der Waals surface area (Å²) in [6, 6.07) is 4.13. The number of thiocarbonyl (C=S) groups is 1. The number of halogens is 1. The van der Waals surface area contributed by atoms with Crippen LogP contribution in [0.25, 0.3) is 0 Å². The number of piperazine rings is 1. The van der Waals surface area contributed by atoms with Crippen LogP contribution in [0.15, 0.2) is 12.1 Å². The average Bonchev–Trinajstić information content (AvgIpc) is 3.02. The van der Waals surface area contributed by atoms with Crippen molar-refractivity contribution in [2.45, 2.75) is 6.54 Å². The highest BCUT2D eigenvalue weighted by molar-refractivity contribution is 8.23. The van der Waals surface area contributed by atoms with Crippen LogP contribution in [0.5, 0.6) is 0 Å². The summed E-state index contributed by atoms with van der Waals surface area (Å²) in [6.07, 6.45) is 0. The predicted molar refractivity (Wildman–Crippen MR) is 92.8 cm³/mol. The van der Waals surface area contributed by atoms with Gasteiger partial charge in [-0.3, -0.25) is 9.80 Å². The van der Waals surface area contributed by atoms with E-state index in [0.717, 1.165) is 60.3 Å². The summed E-state index contributed by atoms with van der Waals surface area (Å²) in [7, 11) is 0. The van der Waals surface area contributed by atoms with Crippen LogP contribution >= 0.6 is 46.9 Å². The molecule has 3 heterocycles. The molecule has 0 saturated carbocycles. The maximum Gasteiger partial charge on any atom is 0.137 e. The third kappa shape index (κ3) is 3.87. The Morgan fingerprint density at radius 2 is 1.85 bits per heavy atom. The molecular formula is C13H18ClN3S3. The van der Waals surface area contributed by atoms with Crippen molar-refractivity contribution in [3.8, 4) is 0 Å². The minimum absolute atomic E-state index is 0.888. The fourth-order valence-corrected chi connectivity index (χ4v) is 4.89. The van der Waals surface area contributed by atoms with E-state index in [0.29, 0.717) is 0 Å². The summed E-state index contributed by atoms with van der Waals surface area (Å²) in [5.41, 5.74) is 0. The summed E-state index contributed by atoms with van der Waals surface area (Å²) in [5, 5.41) is 0. The summed E-state index contributed by atoms with van der Waals surface area (Å²) in [4.78, 5) is 8.71.